The van der Waals surface area contributed by atoms with Gasteiger partial charge in [0.2, 0.25) is 0 Å². The molecule has 1 aromatic heterocycles. The molecule has 2 aliphatic heterocycles. The Bertz CT molecular complexity index is 370. The van der Waals surface area contributed by atoms with E-state index in [0.29, 0.717) is 0 Å². The van der Waals surface area contributed by atoms with Crippen molar-refractivity contribution in [3.05, 3.63) is 24.0 Å². The quantitative estimate of drug-likeness (QED) is 0.639. The summed E-state index contributed by atoms with van der Waals surface area (Å²) < 4.78 is 5.75. The third kappa shape index (κ3) is 1.34. The normalized spacial score (nSPS) is 23.8. The Balaban J connectivity index is 1.95. The lowest BCUT2D eigenvalue weighted by Gasteiger charge is -2.36. The summed E-state index contributed by atoms with van der Waals surface area (Å²) in [7, 11) is 2.19. The van der Waals surface area contributed by atoms with Crippen molar-refractivity contribution in [1.29, 1.82) is 0 Å². The van der Waals surface area contributed by atoms with Crippen LogP contribution in [0.25, 0.3) is 0 Å². The number of piperidine rings is 1. The van der Waals surface area contributed by atoms with Crippen molar-refractivity contribution < 1.29 is 4.74 Å². The molecule has 1 saturated heterocycles. The van der Waals surface area contributed by atoms with Gasteiger partial charge in [-0.1, -0.05) is 0 Å². The van der Waals surface area contributed by atoms with Crippen LogP contribution in [0.15, 0.2) is 18.5 Å². The molecular formula is C12H16N2O. The highest BCUT2D eigenvalue weighted by Crippen LogP contribution is 2.44. The SMILES string of the molecule is CN1CCC2(CC1)COc1cnccc12. The summed E-state index contributed by atoms with van der Waals surface area (Å²) in [6.45, 7) is 3.19. The highest BCUT2D eigenvalue weighted by atomic mass is 16.5. The van der Waals surface area contributed by atoms with Gasteiger partial charge in [-0.15, -0.1) is 0 Å². The highest BCUT2D eigenvalue weighted by molar-refractivity contribution is 5.41. The van der Waals surface area contributed by atoms with Gasteiger partial charge in [-0.25, -0.2) is 0 Å². The topological polar surface area (TPSA) is 25.4 Å². The maximum Gasteiger partial charge on any atom is 0.141 e. The molecule has 0 radical (unpaired) electrons. The van der Waals surface area contributed by atoms with Crippen LogP contribution in [-0.4, -0.2) is 36.6 Å². The minimum absolute atomic E-state index is 0.283. The van der Waals surface area contributed by atoms with E-state index < -0.39 is 0 Å². The monoisotopic (exact) mass is 204 g/mol. The Morgan fingerprint density at radius 1 is 1.40 bits per heavy atom. The molecule has 0 N–H and O–H groups in total. The van der Waals surface area contributed by atoms with E-state index in [1.54, 1.807) is 0 Å². The fourth-order valence-corrected chi connectivity index (χ4v) is 2.69. The highest BCUT2D eigenvalue weighted by Gasteiger charge is 2.42. The minimum atomic E-state index is 0.283. The van der Waals surface area contributed by atoms with E-state index in [2.05, 4.69) is 23.0 Å². The van der Waals surface area contributed by atoms with Crippen LogP contribution in [0.2, 0.25) is 0 Å². The molecule has 1 aromatic rings. The molecule has 0 aliphatic carbocycles. The van der Waals surface area contributed by atoms with E-state index in [-0.39, 0.29) is 5.41 Å². The van der Waals surface area contributed by atoms with Gasteiger partial charge < -0.3 is 9.64 Å². The molecule has 0 bridgehead atoms. The first-order valence-electron chi connectivity index (χ1n) is 5.56. The van der Waals surface area contributed by atoms with Crippen LogP contribution in [0.4, 0.5) is 0 Å². The molecule has 1 fully saturated rings. The minimum Gasteiger partial charge on any atom is -0.491 e. The Kier molecular flexibility index (Phi) is 1.96. The summed E-state index contributed by atoms with van der Waals surface area (Å²) in [5, 5.41) is 0. The van der Waals surface area contributed by atoms with E-state index in [9.17, 15) is 0 Å². The zero-order chi connectivity index (χ0) is 10.3. The van der Waals surface area contributed by atoms with E-state index in [4.69, 9.17) is 4.74 Å². The summed E-state index contributed by atoms with van der Waals surface area (Å²) in [4.78, 5) is 6.51. The largest absolute Gasteiger partial charge is 0.491 e. The molecule has 3 nitrogen and oxygen atoms in total. The number of pyridine rings is 1. The summed E-state index contributed by atoms with van der Waals surface area (Å²) in [5.74, 6) is 1.00. The molecule has 3 heteroatoms. The van der Waals surface area contributed by atoms with Gasteiger partial charge in [0.1, 0.15) is 5.75 Å². The predicted octanol–water partition coefficient (Wildman–Crippen LogP) is 1.44. The number of hydrogen-bond donors (Lipinski definition) is 0. The smallest absolute Gasteiger partial charge is 0.141 e. The van der Waals surface area contributed by atoms with Gasteiger partial charge in [0, 0.05) is 17.2 Å². The van der Waals surface area contributed by atoms with Crippen LogP contribution in [0, 0.1) is 0 Å². The molecule has 3 rings (SSSR count). The second-order valence-electron chi connectivity index (χ2n) is 4.74. The molecule has 80 valence electrons. The van der Waals surface area contributed by atoms with Crippen LogP contribution < -0.4 is 4.74 Å². The Morgan fingerprint density at radius 2 is 2.20 bits per heavy atom. The van der Waals surface area contributed by atoms with Crippen molar-refractivity contribution >= 4 is 0 Å². The first-order valence-corrected chi connectivity index (χ1v) is 5.56. The van der Waals surface area contributed by atoms with Crippen LogP contribution in [0.1, 0.15) is 18.4 Å². The molecule has 0 saturated carbocycles. The molecule has 0 amide bonds. The average molecular weight is 204 g/mol. The summed E-state index contributed by atoms with van der Waals surface area (Å²) in [6.07, 6.45) is 6.15. The van der Waals surface area contributed by atoms with Gasteiger partial charge in [-0.05, 0) is 39.0 Å². The maximum absolute atomic E-state index is 5.75. The zero-order valence-electron chi connectivity index (χ0n) is 9.07. The van der Waals surface area contributed by atoms with E-state index >= 15 is 0 Å². The summed E-state index contributed by atoms with van der Waals surface area (Å²) in [6, 6.07) is 2.13. The maximum atomic E-state index is 5.75. The lowest BCUT2D eigenvalue weighted by Crippen LogP contribution is -2.41. The van der Waals surface area contributed by atoms with Gasteiger partial charge in [0.05, 0.1) is 12.8 Å². The van der Waals surface area contributed by atoms with Crippen molar-refractivity contribution in [2.75, 3.05) is 26.7 Å². The molecule has 2 aliphatic rings. The van der Waals surface area contributed by atoms with E-state index in [0.717, 1.165) is 12.4 Å². The van der Waals surface area contributed by atoms with Crippen LogP contribution in [0.5, 0.6) is 5.75 Å². The number of fused-ring (bicyclic) bond motifs is 2. The second-order valence-corrected chi connectivity index (χ2v) is 4.74. The van der Waals surface area contributed by atoms with E-state index in [1.165, 1.54) is 31.5 Å². The van der Waals surface area contributed by atoms with Crippen molar-refractivity contribution in [2.45, 2.75) is 18.3 Å². The number of aromatic nitrogens is 1. The van der Waals surface area contributed by atoms with Crippen LogP contribution >= 0.6 is 0 Å². The van der Waals surface area contributed by atoms with Crippen LogP contribution in [0.3, 0.4) is 0 Å². The summed E-state index contributed by atoms with van der Waals surface area (Å²) >= 11 is 0. The molecule has 0 unspecified atom stereocenters. The molecular weight excluding hydrogens is 188 g/mol. The van der Waals surface area contributed by atoms with Crippen LogP contribution in [-0.2, 0) is 5.41 Å². The van der Waals surface area contributed by atoms with Gasteiger partial charge in [-0.3, -0.25) is 4.98 Å². The van der Waals surface area contributed by atoms with Gasteiger partial charge in [-0.2, -0.15) is 0 Å². The first kappa shape index (κ1) is 9.16. The van der Waals surface area contributed by atoms with E-state index in [1.807, 2.05) is 12.4 Å². The number of hydrogen-bond acceptors (Lipinski definition) is 3. The van der Waals surface area contributed by atoms with Crippen molar-refractivity contribution in [2.24, 2.45) is 0 Å². The number of likely N-dealkylation sites (tertiary alicyclic amines) is 1. The predicted molar refractivity (Wildman–Crippen MR) is 58.1 cm³/mol. The second kappa shape index (κ2) is 3.20. The fourth-order valence-electron chi connectivity index (χ4n) is 2.69. The Hall–Kier alpha value is -1.09. The fraction of sp³-hybridized carbons (Fsp3) is 0.583. The number of nitrogens with zero attached hydrogens (tertiary/aromatic N) is 2. The van der Waals surface area contributed by atoms with Crippen molar-refractivity contribution in [3.8, 4) is 5.75 Å². The lowest BCUT2D eigenvalue weighted by atomic mass is 9.75. The Labute approximate surface area is 90.1 Å². The molecule has 1 spiro atoms. The molecule has 15 heavy (non-hydrogen) atoms. The third-order valence-corrected chi connectivity index (χ3v) is 3.80. The van der Waals surface area contributed by atoms with Gasteiger partial charge in [0.15, 0.2) is 0 Å². The lowest BCUT2D eigenvalue weighted by molar-refractivity contribution is 0.155. The van der Waals surface area contributed by atoms with Crippen molar-refractivity contribution in [3.63, 3.8) is 0 Å². The molecule has 3 heterocycles. The standard InChI is InChI=1S/C12H16N2O/c1-14-6-3-12(4-7-14)9-15-11-8-13-5-2-10(11)12/h2,5,8H,3-4,6-7,9H2,1H3. The summed E-state index contributed by atoms with van der Waals surface area (Å²) in [5.41, 5.74) is 1.66. The first-order chi connectivity index (χ1) is 7.30. The molecule has 0 aromatic carbocycles. The van der Waals surface area contributed by atoms with Gasteiger partial charge >= 0.3 is 0 Å². The number of rotatable bonds is 0. The number of ether oxygens (including phenoxy) is 1. The zero-order valence-corrected chi connectivity index (χ0v) is 9.07. The average Bonchev–Trinajstić information content (AvgIpc) is 2.63. The van der Waals surface area contributed by atoms with Gasteiger partial charge in [0.25, 0.3) is 0 Å². The van der Waals surface area contributed by atoms with Crippen molar-refractivity contribution in [1.82, 2.24) is 9.88 Å². The molecule has 0 atom stereocenters. The Morgan fingerprint density at radius 3 is 3.00 bits per heavy atom. The third-order valence-electron chi connectivity index (χ3n) is 3.80.